The Bertz CT molecular complexity index is 425. The molecule has 0 unspecified atom stereocenters. The van der Waals surface area contributed by atoms with Crippen LogP contribution in [0.1, 0.15) is 6.92 Å². The zero-order valence-electron chi connectivity index (χ0n) is 7.58. The molecule has 74 valence electrons. The highest BCUT2D eigenvalue weighted by Gasteiger charge is 2.05. The number of phenolic OH excluding ortho intramolecular Hbond substituents is 1. The third kappa shape index (κ3) is 1.72. The fraction of sp³-hybridized carbons (Fsp3) is 0.200. The molecule has 2 nitrogen and oxygen atoms in total. The highest BCUT2D eigenvalue weighted by molar-refractivity contribution is 9.10. The molecule has 0 bridgehead atoms. The van der Waals surface area contributed by atoms with E-state index in [4.69, 9.17) is 4.74 Å². The number of aromatic hydroxyl groups is 1. The van der Waals surface area contributed by atoms with Gasteiger partial charge in [0.1, 0.15) is 5.75 Å². The van der Waals surface area contributed by atoms with Gasteiger partial charge in [-0.05, 0) is 46.4 Å². The molecule has 4 heteroatoms. The summed E-state index contributed by atoms with van der Waals surface area (Å²) in [7, 11) is 0. The number of ether oxygens (including phenoxy) is 1. The van der Waals surface area contributed by atoms with Crippen LogP contribution in [0.4, 0.5) is 0 Å². The summed E-state index contributed by atoms with van der Waals surface area (Å²) in [6.45, 7) is 2.62. The molecule has 0 atom stereocenters. The topological polar surface area (TPSA) is 29.5 Å². The summed E-state index contributed by atoms with van der Waals surface area (Å²) >= 11 is 4.82. The number of thiophene rings is 1. The van der Waals surface area contributed by atoms with Gasteiger partial charge in [-0.1, -0.05) is 11.3 Å². The minimum atomic E-state index is 0.266. The molecule has 2 aromatic rings. The lowest BCUT2D eigenvalue weighted by molar-refractivity contribution is 0.350. The fourth-order valence-electron chi connectivity index (χ4n) is 1.24. The smallest absolute Gasteiger partial charge is 0.174 e. The van der Waals surface area contributed by atoms with Gasteiger partial charge in [0.25, 0.3) is 0 Å². The van der Waals surface area contributed by atoms with Gasteiger partial charge in [0.2, 0.25) is 0 Å². The first-order chi connectivity index (χ1) is 6.70. The van der Waals surface area contributed by atoms with Crippen LogP contribution in [0.5, 0.6) is 10.8 Å². The van der Waals surface area contributed by atoms with Crippen LogP contribution in [-0.4, -0.2) is 11.7 Å². The van der Waals surface area contributed by atoms with Gasteiger partial charge in [-0.15, -0.1) is 0 Å². The average molecular weight is 273 g/mol. The van der Waals surface area contributed by atoms with E-state index >= 15 is 0 Å². The Morgan fingerprint density at radius 1 is 1.43 bits per heavy atom. The molecule has 1 aromatic carbocycles. The first-order valence-corrected chi connectivity index (χ1v) is 5.86. The summed E-state index contributed by atoms with van der Waals surface area (Å²) in [4.78, 5) is 0. The van der Waals surface area contributed by atoms with Gasteiger partial charge in [-0.3, -0.25) is 0 Å². The molecule has 0 amide bonds. The molecule has 0 spiro atoms. The van der Waals surface area contributed by atoms with Gasteiger partial charge in [-0.2, -0.15) is 0 Å². The summed E-state index contributed by atoms with van der Waals surface area (Å²) in [6, 6.07) is 5.62. The van der Waals surface area contributed by atoms with Crippen molar-refractivity contribution in [2.75, 3.05) is 6.61 Å². The Kier molecular flexibility index (Phi) is 2.65. The molecule has 1 aromatic heterocycles. The third-order valence-electron chi connectivity index (χ3n) is 1.85. The highest BCUT2D eigenvalue weighted by atomic mass is 79.9. The van der Waals surface area contributed by atoms with E-state index in [1.54, 1.807) is 17.4 Å². The van der Waals surface area contributed by atoms with Gasteiger partial charge < -0.3 is 9.84 Å². The Morgan fingerprint density at radius 3 is 2.93 bits per heavy atom. The lowest BCUT2D eigenvalue weighted by Gasteiger charge is -1.94. The molecular weight excluding hydrogens is 264 g/mol. The number of phenols is 1. The van der Waals surface area contributed by atoms with E-state index in [2.05, 4.69) is 15.9 Å². The van der Waals surface area contributed by atoms with Crippen molar-refractivity contribution in [1.29, 1.82) is 0 Å². The number of benzene rings is 1. The highest BCUT2D eigenvalue weighted by Crippen LogP contribution is 2.37. The van der Waals surface area contributed by atoms with Crippen molar-refractivity contribution in [2.24, 2.45) is 0 Å². The van der Waals surface area contributed by atoms with E-state index in [0.717, 1.165) is 15.1 Å². The maximum atomic E-state index is 9.48. The van der Waals surface area contributed by atoms with Gasteiger partial charge >= 0.3 is 0 Å². The lowest BCUT2D eigenvalue weighted by atomic mass is 10.2. The number of fused-ring (bicyclic) bond motifs is 1. The first-order valence-electron chi connectivity index (χ1n) is 4.25. The Balaban J connectivity index is 2.54. The lowest BCUT2D eigenvalue weighted by Crippen LogP contribution is -1.86. The predicted molar refractivity (Wildman–Crippen MR) is 62.4 cm³/mol. The van der Waals surface area contributed by atoms with Crippen LogP contribution in [0.3, 0.4) is 0 Å². The standard InChI is InChI=1S/C10H9BrO2S/c1-2-13-10-4-6-3-7(11)8(12)5-9(6)14-10/h3-5,12H,2H2,1H3. The van der Waals surface area contributed by atoms with Gasteiger partial charge in [-0.25, -0.2) is 0 Å². The van der Waals surface area contributed by atoms with Crippen LogP contribution >= 0.6 is 27.3 Å². The van der Waals surface area contributed by atoms with E-state index in [1.807, 2.05) is 19.1 Å². The van der Waals surface area contributed by atoms with Crippen molar-refractivity contribution < 1.29 is 9.84 Å². The Labute approximate surface area is 94.3 Å². The molecule has 0 aliphatic carbocycles. The van der Waals surface area contributed by atoms with Crippen molar-refractivity contribution in [1.82, 2.24) is 0 Å². The van der Waals surface area contributed by atoms with E-state index in [0.29, 0.717) is 11.1 Å². The second kappa shape index (κ2) is 3.79. The molecular formula is C10H9BrO2S. The van der Waals surface area contributed by atoms with Crippen molar-refractivity contribution in [3.63, 3.8) is 0 Å². The molecule has 14 heavy (non-hydrogen) atoms. The van der Waals surface area contributed by atoms with Gasteiger partial charge in [0.15, 0.2) is 5.06 Å². The fourth-order valence-corrected chi connectivity index (χ4v) is 2.58. The molecule has 1 N–H and O–H groups in total. The Morgan fingerprint density at radius 2 is 2.21 bits per heavy atom. The average Bonchev–Trinajstić information content (AvgIpc) is 2.48. The van der Waals surface area contributed by atoms with Gasteiger partial charge in [0, 0.05) is 4.70 Å². The summed E-state index contributed by atoms with van der Waals surface area (Å²) < 4.78 is 7.14. The van der Waals surface area contributed by atoms with E-state index in [-0.39, 0.29) is 5.75 Å². The number of halogens is 1. The maximum Gasteiger partial charge on any atom is 0.174 e. The summed E-state index contributed by atoms with van der Waals surface area (Å²) in [5.74, 6) is 0.266. The molecule has 0 radical (unpaired) electrons. The zero-order chi connectivity index (χ0) is 10.1. The Hall–Kier alpha value is -0.740. The summed E-state index contributed by atoms with van der Waals surface area (Å²) in [5, 5.41) is 11.5. The van der Waals surface area contributed by atoms with Crippen LogP contribution in [0.2, 0.25) is 0 Å². The minimum absolute atomic E-state index is 0.266. The van der Waals surface area contributed by atoms with Crippen LogP contribution in [0, 0.1) is 0 Å². The number of rotatable bonds is 2. The zero-order valence-corrected chi connectivity index (χ0v) is 9.98. The van der Waals surface area contributed by atoms with Crippen molar-refractivity contribution >= 4 is 37.4 Å². The normalized spacial score (nSPS) is 10.7. The molecule has 0 aliphatic rings. The molecule has 1 heterocycles. The third-order valence-corrected chi connectivity index (χ3v) is 3.50. The van der Waals surface area contributed by atoms with Crippen LogP contribution in [0.15, 0.2) is 22.7 Å². The van der Waals surface area contributed by atoms with E-state index in [1.165, 1.54) is 0 Å². The largest absolute Gasteiger partial charge is 0.507 e. The van der Waals surface area contributed by atoms with Crippen LogP contribution in [-0.2, 0) is 0 Å². The van der Waals surface area contributed by atoms with Crippen LogP contribution in [0.25, 0.3) is 10.1 Å². The molecule has 0 saturated heterocycles. The monoisotopic (exact) mass is 272 g/mol. The van der Waals surface area contributed by atoms with Crippen molar-refractivity contribution in [3.8, 4) is 10.8 Å². The second-order valence-corrected chi connectivity index (χ2v) is 4.74. The van der Waals surface area contributed by atoms with E-state index < -0.39 is 0 Å². The van der Waals surface area contributed by atoms with E-state index in [9.17, 15) is 5.11 Å². The number of hydrogen-bond donors (Lipinski definition) is 1. The number of hydrogen-bond acceptors (Lipinski definition) is 3. The molecule has 0 fully saturated rings. The molecule has 0 saturated carbocycles. The SMILES string of the molecule is CCOc1cc2cc(Br)c(O)cc2s1. The van der Waals surface area contributed by atoms with Crippen molar-refractivity contribution in [2.45, 2.75) is 6.92 Å². The van der Waals surface area contributed by atoms with Gasteiger partial charge in [0.05, 0.1) is 11.1 Å². The molecule has 2 rings (SSSR count). The summed E-state index contributed by atoms with van der Waals surface area (Å²) in [6.07, 6.45) is 0. The minimum Gasteiger partial charge on any atom is -0.507 e. The summed E-state index contributed by atoms with van der Waals surface area (Å²) in [5.41, 5.74) is 0. The second-order valence-electron chi connectivity index (χ2n) is 2.84. The maximum absolute atomic E-state index is 9.48. The predicted octanol–water partition coefficient (Wildman–Crippen LogP) is 3.77. The molecule has 0 aliphatic heterocycles. The first kappa shape index (κ1) is 9.80. The van der Waals surface area contributed by atoms with Crippen LogP contribution < -0.4 is 4.74 Å². The quantitative estimate of drug-likeness (QED) is 0.902. The van der Waals surface area contributed by atoms with Crippen molar-refractivity contribution in [3.05, 3.63) is 22.7 Å².